The number of anilines is 2. The fourth-order valence-electron chi connectivity index (χ4n) is 4.55. The highest BCUT2D eigenvalue weighted by molar-refractivity contribution is 8.00. The first-order valence-electron chi connectivity index (χ1n) is 14.8. The molecule has 0 bridgehead atoms. The van der Waals surface area contributed by atoms with Crippen LogP contribution in [0.2, 0.25) is 0 Å². The van der Waals surface area contributed by atoms with Crippen molar-refractivity contribution in [3.8, 4) is 17.2 Å². The number of benzene rings is 4. The first kappa shape index (κ1) is 39.1. The van der Waals surface area contributed by atoms with Crippen LogP contribution in [0.3, 0.4) is 0 Å². The molecule has 0 saturated heterocycles. The van der Waals surface area contributed by atoms with Crippen LogP contribution in [0.5, 0.6) is 17.2 Å². The van der Waals surface area contributed by atoms with E-state index in [4.69, 9.17) is 14.2 Å². The van der Waals surface area contributed by atoms with E-state index in [-0.39, 0.29) is 22.7 Å². The monoisotopic (exact) mass is 751 g/mol. The molecule has 4 aromatic rings. The molecule has 0 aromatic heterocycles. The molecule has 0 fully saturated rings. The second-order valence-corrected chi connectivity index (χ2v) is 12.0. The van der Waals surface area contributed by atoms with Gasteiger partial charge in [0.25, 0.3) is 11.8 Å². The third-order valence-electron chi connectivity index (χ3n) is 7.15. The number of amides is 3. The highest BCUT2D eigenvalue weighted by Gasteiger charge is 2.42. The van der Waals surface area contributed by atoms with Gasteiger partial charge in [0.1, 0.15) is 22.7 Å². The van der Waals surface area contributed by atoms with E-state index in [0.29, 0.717) is 22.0 Å². The zero-order chi connectivity index (χ0) is 38.3. The average Bonchev–Trinajstić information content (AvgIpc) is 3.12. The number of rotatable bonds is 12. The van der Waals surface area contributed by atoms with Gasteiger partial charge in [0.15, 0.2) is 34.8 Å². The number of alkyl halides is 3. The summed E-state index contributed by atoms with van der Waals surface area (Å²) in [5.74, 6) is -11.8. The summed E-state index contributed by atoms with van der Waals surface area (Å²) in [5.41, 5.74) is -3.84. The zero-order valence-electron chi connectivity index (χ0n) is 27.5. The normalized spacial score (nSPS) is 12.1. The lowest BCUT2D eigenvalue weighted by atomic mass is 10.1. The van der Waals surface area contributed by atoms with Crippen molar-refractivity contribution in [1.82, 2.24) is 5.32 Å². The maximum Gasteiger partial charge on any atom is 0.422 e. The van der Waals surface area contributed by atoms with E-state index in [1.165, 1.54) is 70.7 Å². The molecule has 3 N–H and O–H groups in total. The van der Waals surface area contributed by atoms with E-state index in [1.807, 2.05) is 0 Å². The number of halogens is 7. The van der Waals surface area contributed by atoms with Crippen molar-refractivity contribution in [1.29, 1.82) is 0 Å². The largest absolute Gasteiger partial charge is 0.496 e. The van der Waals surface area contributed by atoms with E-state index in [1.54, 1.807) is 35.6 Å². The molecule has 0 aliphatic rings. The third kappa shape index (κ3) is 8.95. The van der Waals surface area contributed by atoms with Gasteiger partial charge in [-0.15, -0.1) is 11.8 Å². The van der Waals surface area contributed by atoms with Crippen molar-refractivity contribution < 1.29 is 59.3 Å². The number of nitrogens with one attached hydrogen (secondary N) is 3. The van der Waals surface area contributed by atoms with Gasteiger partial charge in [0, 0.05) is 27.8 Å². The van der Waals surface area contributed by atoms with Gasteiger partial charge in [-0.3, -0.25) is 14.4 Å². The topological polar surface area (TPSA) is 115 Å². The Balaban J connectivity index is 1.53. The summed E-state index contributed by atoms with van der Waals surface area (Å²) < 4.78 is 111. The molecule has 0 heterocycles. The first-order chi connectivity index (χ1) is 24.6. The summed E-state index contributed by atoms with van der Waals surface area (Å²) >= 11 is 0.809. The van der Waals surface area contributed by atoms with Crippen LogP contribution in [-0.2, 0) is 15.8 Å². The number of methoxy groups -OCH3 is 3. The summed E-state index contributed by atoms with van der Waals surface area (Å²) in [5, 5.41) is 5.64. The number of ether oxygens (including phenoxy) is 3. The number of hydrogen-bond donors (Lipinski definition) is 3. The molecule has 4 rings (SSSR count). The number of carbonyl (C=O) groups is 3. The molecule has 4 aromatic carbocycles. The minimum Gasteiger partial charge on any atom is -0.496 e. The van der Waals surface area contributed by atoms with Gasteiger partial charge < -0.3 is 30.2 Å². The summed E-state index contributed by atoms with van der Waals surface area (Å²) in [4.78, 5) is 39.6. The molecule has 52 heavy (non-hydrogen) atoms. The van der Waals surface area contributed by atoms with Crippen molar-refractivity contribution in [2.24, 2.45) is 0 Å². The van der Waals surface area contributed by atoms with Crippen molar-refractivity contribution in [2.45, 2.75) is 23.2 Å². The summed E-state index contributed by atoms with van der Waals surface area (Å²) in [6.07, 6.45) is -4.37. The number of thioether (sulfide) groups is 1. The molecule has 274 valence electrons. The molecular weight excluding hydrogens is 723 g/mol. The Labute approximate surface area is 296 Å². The van der Waals surface area contributed by atoms with Gasteiger partial charge in [-0.05, 0) is 55.5 Å². The van der Waals surface area contributed by atoms with E-state index >= 15 is 0 Å². The molecule has 0 saturated carbocycles. The molecule has 0 aliphatic carbocycles. The van der Waals surface area contributed by atoms with Gasteiger partial charge in [-0.1, -0.05) is 18.2 Å². The minimum absolute atomic E-state index is 0.196. The molecule has 17 heteroatoms. The molecule has 0 aliphatic heterocycles. The quantitative estimate of drug-likeness (QED) is 0.0586. The molecule has 9 nitrogen and oxygen atoms in total. The predicted molar refractivity (Wildman–Crippen MR) is 178 cm³/mol. The van der Waals surface area contributed by atoms with E-state index in [2.05, 4.69) is 10.6 Å². The lowest BCUT2D eigenvalue weighted by molar-refractivity contribution is -0.143. The van der Waals surface area contributed by atoms with Crippen LogP contribution < -0.4 is 30.2 Å². The lowest BCUT2D eigenvalue weighted by Crippen LogP contribution is -2.30. The smallest absolute Gasteiger partial charge is 0.422 e. The van der Waals surface area contributed by atoms with E-state index in [9.17, 15) is 45.1 Å². The maximum absolute atomic E-state index is 14.3. The minimum atomic E-state index is -5.74. The van der Waals surface area contributed by atoms with Crippen LogP contribution in [0.25, 0.3) is 6.08 Å². The molecule has 0 radical (unpaired) electrons. The van der Waals surface area contributed by atoms with Crippen molar-refractivity contribution in [3.63, 3.8) is 0 Å². The molecule has 0 spiro atoms. The first-order valence-corrected chi connectivity index (χ1v) is 15.7. The molecule has 3 amide bonds. The van der Waals surface area contributed by atoms with Gasteiger partial charge in [-0.25, -0.2) is 17.6 Å². The van der Waals surface area contributed by atoms with Crippen LogP contribution in [-0.4, -0.2) is 44.3 Å². The fourth-order valence-corrected chi connectivity index (χ4v) is 5.42. The summed E-state index contributed by atoms with van der Waals surface area (Å²) in [6.45, 7) is 1.26. The Kier molecular flexibility index (Phi) is 12.4. The molecule has 1 atom stereocenters. The van der Waals surface area contributed by atoms with Crippen LogP contribution >= 0.6 is 11.8 Å². The third-order valence-corrected chi connectivity index (χ3v) is 8.27. The summed E-state index contributed by atoms with van der Waals surface area (Å²) in [6, 6.07) is 16.9. The van der Waals surface area contributed by atoms with Crippen LogP contribution in [0.1, 0.15) is 28.4 Å². The van der Waals surface area contributed by atoms with Gasteiger partial charge in [0.05, 0.1) is 26.6 Å². The second-order valence-electron chi connectivity index (χ2n) is 10.6. The Hall–Kier alpha value is -5.71. The lowest BCUT2D eigenvalue weighted by Gasteiger charge is -2.17. The second kappa shape index (κ2) is 16.5. The van der Waals surface area contributed by atoms with Crippen LogP contribution in [0, 0.1) is 23.3 Å². The van der Waals surface area contributed by atoms with Crippen molar-refractivity contribution in [3.05, 3.63) is 112 Å². The average molecular weight is 752 g/mol. The van der Waals surface area contributed by atoms with Crippen LogP contribution in [0.4, 0.5) is 42.1 Å². The molecular formula is C35H28F7N3O6S. The Morgan fingerprint density at radius 2 is 1.31 bits per heavy atom. The standard InChI is InChI=1S/C35H28F7N3O6S/c1-17(32(46)45-31-29(38)27(36)26(35(40,41)42)28(37)30(31)39)52-21-12-10-20(11-13-21)43-34(48)22(44-33(47)18-8-6-5-7-9-18)14-19-15-24(50-3)25(51-4)16-23(19)49-2/h5-17H,1-4H3,(H,43,48)(H,44,47)(H,45,46)/b22-14-. The Morgan fingerprint density at radius 1 is 0.750 bits per heavy atom. The highest BCUT2D eigenvalue weighted by Crippen LogP contribution is 2.39. The fraction of sp³-hybridized carbons (Fsp3) is 0.171. The maximum atomic E-state index is 14.3. The summed E-state index contributed by atoms with van der Waals surface area (Å²) in [7, 11) is 4.25. The van der Waals surface area contributed by atoms with E-state index < -0.39 is 63.7 Å². The van der Waals surface area contributed by atoms with E-state index in [0.717, 1.165) is 11.8 Å². The highest BCUT2D eigenvalue weighted by atomic mass is 32.2. The van der Waals surface area contributed by atoms with Gasteiger partial charge in [-0.2, -0.15) is 13.2 Å². The number of carbonyl (C=O) groups excluding carboxylic acids is 3. The Bertz CT molecular complexity index is 1980. The SMILES string of the molecule is COc1cc(OC)c(OC)cc1/C=C(\NC(=O)c1ccccc1)C(=O)Nc1ccc(SC(C)C(=O)Nc2c(F)c(F)c(C(F)(F)F)c(F)c2F)cc1. The zero-order valence-corrected chi connectivity index (χ0v) is 28.3. The van der Waals surface area contributed by atoms with Crippen molar-refractivity contribution >= 4 is 46.9 Å². The van der Waals surface area contributed by atoms with Gasteiger partial charge >= 0.3 is 6.18 Å². The van der Waals surface area contributed by atoms with Crippen molar-refractivity contribution in [2.75, 3.05) is 32.0 Å². The van der Waals surface area contributed by atoms with Gasteiger partial charge in [0.2, 0.25) is 5.91 Å². The Morgan fingerprint density at radius 3 is 1.85 bits per heavy atom. The van der Waals surface area contributed by atoms with Crippen LogP contribution in [0.15, 0.2) is 77.3 Å². The molecule has 1 unspecified atom stereocenters. The predicted octanol–water partition coefficient (Wildman–Crippen LogP) is 7.82. The number of hydrogen-bond acceptors (Lipinski definition) is 7.